The second kappa shape index (κ2) is 11.6. The Morgan fingerprint density at radius 2 is 1.56 bits per heavy atom. The average molecular weight is 503 g/mol. The zero-order chi connectivity index (χ0) is 25.5. The van der Waals surface area contributed by atoms with Gasteiger partial charge in [0.05, 0.1) is 4.91 Å². The first kappa shape index (κ1) is 25.1. The third-order valence-corrected chi connectivity index (χ3v) is 6.11. The molecule has 1 fully saturated rings. The largest absolute Gasteiger partial charge is 0.490 e. The van der Waals surface area contributed by atoms with E-state index in [0.29, 0.717) is 30.2 Å². The number of benzene rings is 3. The Kier molecular flexibility index (Phi) is 8.07. The number of nitrogens with zero attached hydrogens (tertiary/aromatic N) is 1. The fourth-order valence-electron chi connectivity index (χ4n) is 3.71. The van der Waals surface area contributed by atoms with Crippen molar-refractivity contribution in [2.24, 2.45) is 0 Å². The summed E-state index contributed by atoms with van der Waals surface area (Å²) in [7, 11) is 0. The molecule has 3 amide bonds. The Morgan fingerprint density at radius 3 is 2.28 bits per heavy atom. The van der Waals surface area contributed by atoms with E-state index in [1.165, 1.54) is 0 Å². The number of hydrogen-bond donors (Lipinski definition) is 1. The number of hydrogen-bond acceptors (Lipinski definition) is 6. The zero-order valence-electron chi connectivity index (χ0n) is 20.0. The molecule has 0 saturated carbocycles. The van der Waals surface area contributed by atoms with E-state index in [0.717, 1.165) is 33.5 Å². The standard InChI is InChI=1S/C28H26N2O5S/c1-19-13-20(2)15-22(14-19)29-26(31)18-30-27(32)25(36-28(30)33)17-21-7-6-10-24(16-21)35-12-11-34-23-8-4-3-5-9-23/h3-10,13-17H,11-12,18H2,1-2H3,(H,29,31)/b25-17+. The van der Waals surface area contributed by atoms with Gasteiger partial charge in [-0.25, -0.2) is 0 Å². The molecule has 4 rings (SSSR count). The number of amides is 3. The summed E-state index contributed by atoms with van der Waals surface area (Å²) in [5, 5.41) is 2.28. The van der Waals surface area contributed by atoms with Crippen molar-refractivity contribution < 1.29 is 23.9 Å². The van der Waals surface area contributed by atoms with E-state index in [-0.39, 0.29) is 11.4 Å². The SMILES string of the molecule is Cc1cc(C)cc(NC(=O)CN2C(=O)S/C(=C/c3cccc(OCCOc4ccccc4)c3)C2=O)c1. The summed E-state index contributed by atoms with van der Waals surface area (Å²) in [5.74, 6) is 0.459. The molecular weight excluding hydrogens is 476 g/mol. The Bertz CT molecular complexity index is 1290. The summed E-state index contributed by atoms with van der Waals surface area (Å²) in [6, 6.07) is 22.4. The van der Waals surface area contributed by atoms with Gasteiger partial charge in [-0.3, -0.25) is 19.3 Å². The first-order valence-electron chi connectivity index (χ1n) is 11.4. The van der Waals surface area contributed by atoms with Crippen LogP contribution in [0.3, 0.4) is 0 Å². The third kappa shape index (κ3) is 6.76. The summed E-state index contributed by atoms with van der Waals surface area (Å²) in [4.78, 5) is 39.0. The zero-order valence-corrected chi connectivity index (χ0v) is 20.8. The van der Waals surface area contributed by atoms with Gasteiger partial charge in [0.25, 0.3) is 11.1 Å². The van der Waals surface area contributed by atoms with Crippen molar-refractivity contribution in [3.05, 3.63) is 94.4 Å². The molecule has 1 aliphatic rings. The lowest BCUT2D eigenvalue weighted by Crippen LogP contribution is -2.36. The number of ether oxygens (including phenoxy) is 2. The highest BCUT2D eigenvalue weighted by atomic mass is 32.2. The van der Waals surface area contributed by atoms with Crippen LogP contribution < -0.4 is 14.8 Å². The van der Waals surface area contributed by atoms with Crippen LogP contribution in [0.2, 0.25) is 0 Å². The first-order chi connectivity index (χ1) is 17.4. The van der Waals surface area contributed by atoms with E-state index in [4.69, 9.17) is 9.47 Å². The lowest BCUT2D eigenvalue weighted by molar-refractivity contribution is -0.127. The number of thioether (sulfide) groups is 1. The lowest BCUT2D eigenvalue weighted by atomic mass is 10.1. The smallest absolute Gasteiger partial charge is 0.294 e. The Balaban J connectivity index is 1.33. The third-order valence-electron chi connectivity index (χ3n) is 5.20. The summed E-state index contributed by atoms with van der Waals surface area (Å²) in [6.45, 7) is 4.26. The minimum atomic E-state index is -0.497. The number of aryl methyl sites for hydroxylation is 2. The number of imide groups is 1. The highest BCUT2D eigenvalue weighted by molar-refractivity contribution is 8.18. The molecule has 1 aliphatic heterocycles. The highest BCUT2D eigenvalue weighted by Crippen LogP contribution is 2.32. The highest BCUT2D eigenvalue weighted by Gasteiger charge is 2.36. The molecule has 1 saturated heterocycles. The molecule has 3 aromatic rings. The van der Waals surface area contributed by atoms with Gasteiger partial charge in [-0.1, -0.05) is 36.4 Å². The minimum absolute atomic E-state index is 0.253. The number of carbonyl (C=O) groups is 3. The molecule has 7 nitrogen and oxygen atoms in total. The molecule has 1 heterocycles. The van der Waals surface area contributed by atoms with Crippen LogP contribution in [-0.4, -0.2) is 41.7 Å². The quantitative estimate of drug-likeness (QED) is 0.310. The topological polar surface area (TPSA) is 84.9 Å². The van der Waals surface area contributed by atoms with Crippen molar-refractivity contribution in [3.63, 3.8) is 0 Å². The van der Waals surface area contributed by atoms with Crippen LogP contribution in [0.25, 0.3) is 6.08 Å². The van der Waals surface area contributed by atoms with E-state index in [9.17, 15) is 14.4 Å². The van der Waals surface area contributed by atoms with E-state index < -0.39 is 17.1 Å². The van der Waals surface area contributed by atoms with Gasteiger partial charge in [-0.05, 0) is 84.8 Å². The number of para-hydroxylation sites is 1. The molecule has 36 heavy (non-hydrogen) atoms. The molecule has 0 radical (unpaired) electrons. The van der Waals surface area contributed by atoms with Gasteiger partial charge in [0.2, 0.25) is 5.91 Å². The van der Waals surface area contributed by atoms with Crippen LogP contribution in [0.15, 0.2) is 77.7 Å². The van der Waals surface area contributed by atoms with Crippen molar-refractivity contribution in [1.29, 1.82) is 0 Å². The van der Waals surface area contributed by atoms with Crippen LogP contribution in [0.1, 0.15) is 16.7 Å². The maximum atomic E-state index is 12.8. The van der Waals surface area contributed by atoms with Crippen LogP contribution >= 0.6 is 11.8 Å². The molecule has 0 aliphatic carbocycles. The fraction of sp³-hybridized carbons (Fsp3) is 0.179. The second-order valence-corrected chi connectivity index (χ2v) is 9.27. The molecule has 0 atom stereocenters. The van der Waals surface area contributed by atoms with E-state index >= 15 is 0 Å². The van der Waals surface area contributed by atoms with Gasteiger partial charge in [-0.15, -0.1) is 0 Å². The van der Waals surface area contributed by atoms with Crippen molar-refractivity contribution in [2.75, 3.05) is 25.1 Å². The van der Waals surface area contributed by atoms with Gasteiger partial charge in [0.1, 0.15) is 31.3 Å². The van der Waals surface area contributed by atoms with Crippen LogP contribution in [0, 0.1) is 13.8 Å². The van der Waals surface area contributed by atoms with Crippen molar-refractivity contribution in [1.82, 2.24) is 4.90 Å². The van der Waals surface area contributed by atoms with E-state index in [2.05, 4.69) is 5.32 Å². The predicted octanol–water partition coefficient (Wildman–Crippen LogP) is 5.44. The maximum Gasteiger partial charge on any atom is 0.294 e. The van der Waals surface area contributed by atoms with Crippen LogP contribution in [-0.2, 0) is 9.59 Å². The van der Waals surface area contributed by atoms with Gasteiger partial charge in [0.15, 0.2) is 0 Å². The average Bonchev–Trinajstić information content (AvgIpc) is 3.09. The monoisotopic (exact) mass is 502 g/mol. The van der Waals surface area contributed by atoms with E-state index in [1.807, 2.05) is 74.5 Å². The number of nitrogens with one attached hydrogen (secondary N) is 1. The summed E-state index contributed by atoms with van der Waals surface area (Å²) < 4.78 is 11.4. The maximum absolute atomic E-state index is 12.8. The molecule has 0 aromatic heterocycles. The molecule has 8 heteroatoms. The van der Waals surface area contributed by atoms with Crippen molar-refractivity contribution in [2.45, 2.75) is 13.8 Å². The normalized spacial score (nSPS) is 14.3. The number of anilines is 1. The fourth-order valence-corrected chi connectivity index (χ4v) is 4.55. The van der Waals surface area contributed by atoms with Gasteiger partial charge in [0, 0.05) is 5.69 Å². The second-order valence-electron chi connectivity index (χ2n) is 8.27. The summed E-state index contributed by atoms with van der Waals surface area (Å²) >= 11 is 0.812. The molecule has 184 valence electrons. The van der Waals surface area contributed by atoms with Gasteiger partial charge in [-0.2, -0.15) is 0 Å². The summed E-state index contributed by atoms with van der Waals surface area (Å²) in [5.41, 5.74) is 3.36. The Labute approximate surface area is 214 Å². The van der Waals surface area contributed by atoms with Gasteiger partial charge < -0.3 is 14.8 Å². The van der Waals surface area contributed by atoms with E-state index in [1.54, 1.807) is 18.2 Å². The summed E-state index contributed by atoms with van der Waals surface area (Å²) in [6.07, 6.45) is 1.63. The predicted molar refractivity (Wildman–Crippen MR) is 141 cm³/mol. The molecular formula is C28H26N2O5S. The van der Waals surface area contributed by atoms with Crippen LogP contribution in [0.5, 0.6) is 11.5 Å². The minimum Gasteiger partial charge on any atom is -0.490 e. The first-order valence-corrected chi connectivity index (χ1v) is 12.2. The molecule has 0 spiro atoms. The number of carbonyl (C=O) groups excluding carboxylic acids is 3. The molecule has 0 unspecified atom stereocenters. The Hall–Kier alpha value is -4.04. The lowest BCUT2D eigenvalue weighted by Gasteiger charge is -2.13. The molecule has 0 bridgehead atoms. The Morgan fingerprint density at radius 1 is 0.889 bits per heavy atom. The molecule has 1 N–H and O–H groups in total. The van der Waals surface area contributed by atoms with Crippen molar-refractivity contribution >= 4 is 40.6 Å². The van der Waals surface area contributed by atoms with Crippen LogP contribution in [0.4, 0.5) is 10.5 Å². The number of rotatable bonds is 9. The molecule has 3 aromatic carbocycles. The van der Waals surface area contributed by atoms with Crippen molar-refractivity contribution in [3.8, 4) is 11.5 Å². The van der Waals surface area contributed by atoms with Gasteiger partial charge >= 0.3 is 0 Å².